The van der Waals surface area contributed by atoms with Crippen LogP contribution in [-0.2, 0) is 0 Å². The van der Waals surface area contributed by atoms with Gasteiger partial charge in [0.2, 0.25) is 0 Å². The average Bonchev–Trinajstić information content (AvgIpc) is 3.00. The summed E-state index contributed by atoms with van der Waals surface area (Å²) in [5.74, 6) is 1.03. The molecule has 0 saturated heterocycles. The summed E-state index contributed by atoms with van der Waals surface area (Å²) in [6, 6.07) is 9.35. The third kappa shape index (κ3) is 2.92. The molecular weight excluding hydrogens is 304 g/mol. The fourth-order valence-electron chi connectivity index (χ4n) is 3.26. The molecule has 1 saturated carbocycles. The maximum atomic E-state index is 9.70. The molecule has 1 aliphatic carbocycles. The van der Waals surface area contributed by atoms with Crippen LogP contribution in [0.2, 0.25) is 0 Å². The smallest absolute Gasteiger partial charge is 0.165 e. The number of benzene rings is 1. The zero-order chi connectivity index (χ0) is 16.5. The van der Waals surface area contributed by atoms with Crippen LogP contribution < -0.4 is 5.32 Å². The van der Waals surface area contributed by atoms with Crippen molar-refractivity contribution in [3.05, 3.63) is 42.7 Å². The number of aromatic nitrogens is 3. The number of anilines is 1. The Bertz CT molecular complexity index is 853. The number of phenolic OH excluding ortho intramolecular Hbond substituents is 1. The van der Waals surface area contributed by atoms with Crippen molar-refractivity contribution in [2.45, 2.75) is 37.8 Å². The number of hydrogen-bond acceptors (Lipinski definition) is 5. The highest BCUT2D eigenvalue weighted by atomic mass is 16.3. The molecule has 0 bridgehead atoms. The van der Waals surface area contributed by atoms with E-state index in [1.165, 1.54) is 0 Å². The summed E-state index contributed by atoms with van der Waals surface area (Å²) in [6.45, 7) is 0. The van der Waals surface area contributed by atoms with E-state index >= 15 is 0 Å². The molecule has 24 heavy (non-hydrogen) atoms. The van der Waals surface area contributed by atoms with Crippen LogP contribution in [0.1, 0.15) is 25.7 Å². The van der Waals surface area contributed by atoms with Crippen molar-refractivity contribution in [2.24, 2.45) is 0 Å². The molecule has 0 amide bonds. The van der Waals surface area contributed by atoms with Crippen LogP contribution in [0.4, 0.5) is 5.82 Å². The Morgan fingerprint density at radius 3 is 2.75 bits per heavy atom. The standard InChI is InChI=1S/C18H20N4O2/c23-14-6-4-13(5-7-14)20-17-8-9-22-18(21-17)16(11-19-22)12-2-1-3-15(24)10-12/h1-3,8-11,13-14,23-24H,4-7H2,(H,20,21). The third-order valence-corrected chi connectivity index (χ3v) is 4.57. The van der Waals surface area contributed by atoms with E-state index < -0.39 is 0 Å². The Kier molecular flexibility index (Phi) is 3.82. The van der Waals surface area contributed by atoms with Crippen molar-refractivity contribution in [1.29, 1.82) is 0 Å². The minimum atomic E-state index is -0.161. The van der Waals surface area contributed by atoms with E-state index in [9.17, 15) is 10.2 Å². The summed E-state index contributed by atoms with van der Waals surface area (Å²) in [7, 11) is 0. The molecule has 0 unspecified atom stereocenters. The van der Waals surface area contributed by atoms with Crippen LogP contribution in [0.5, 0.6) is 5.75 Å². The molecule has 2 aromatic heterocycles. The molecule has 124 valence electrons. The number of nitrogens with zero attached hydrogens (tertiary/aromatic N) is 3. The highest BCUT2D eigenvalue weighted by Crippen LogP contribution is 2.27. The molecule has 0 atom stereocenters. The first-order chi connectivity index (χ1) is 11.7. The first kappa shape index (κ1) is 15.0. The second-order valence-electron chi connectivity index (χ2n) is 6.34. The van der Waals surface area contributed by atoms with E-state index in [4.69, 9.17) is 4.98 Å². The summed E-state index contributed by atoms with van der Waals surface area (Å²) in [4.78, 5) is 4.70. The first-order valence-electron chi connectivity index (χ1n) is 8.27. The van der Waals surface area contributed by atoms with E-state index in [-0.39, 0.29) is 11.9 Å². The van der Waals surface area contributed by atoms with Crippen LogP contribution in [0.3, 0.4) is 0 Å². The van der Waals surface area contributed by atoms with Gasteiger partial charge in [0.05, 0.1) is 12.3 Å². The molecule has 1 aliphatic rings. The van der Waals surface area contributed by atoms with Crippen LogP contribution in [-0.4, -0.2) is 37.0 Å². The summed E-state index contributed by atoms with van der Waals surface area (Å²) in [6.07, 6.45) is 7.06. The molecule has 0 spiro atoms. The van der Waals surface area contributed by atoms with Gasteiger partial charge in [-0.1, -0.05) is 12.1 Å². The third-order valence-electron chi connectivity index (χ3n) is 4.57. The highest BCUT2D eigenvalue weighted by Gasteiger charge is 2.19. The Labute approximate surface area is 139 Å². The van der Waals surface area contributed by atoms with Crippen molar-refractivity contribution < 1.29 is 10.2 Å². The fourth-order valence-corrected chi connectivity index (χ4v) is 3.26. The van der Waals surface area contributed by atoms with Gasteiger partial charge in [-0.05, 0) is 49.4 Å². The van der Waals surface area contributed by atoms with E-state index in [1.807, 2.05) is 24.4 Å². The Balaban J connectivity index is 1.63. The minimum absolute atomic E-state index is 0.161. The molecule has 1 aromatic carbocycles. The second-order valence-corrected chi connectivity index (χ2v) is 6.34. The van der Waals surface area contributed by atoms with Gasteiger partial charge in [0, 0.05) is 17.8 Å². The predicted molar refractivity (Wildman–Crippen MR) is 92.0 cm³/mol. The summed E-state index contributed by atoms with van der Waals surface area (Å²) in [5, 5.41) is 27.1. The lowest BCUT2D eigenvalue weighted by molar-refractivity contribution is 0.126. The molecule has 3 N–H and O–H groups in total. The van der Waals surface area contributed by atoms with Gasteiger partial charge in [0.15, 0.2) is 5.65 Å². The lowest BCUT2D eigenvalue weighted by Gasteiger charge is -2.26. The molecular formula is C18H20N4O2. The number of hydrogen-bond donors (Lipinski definition) is 3. The second kappa shape index (κ2) is 6.13. The lowest BCUT2D eigenvalue weighted by Crippen LogP contribution is -2.28. The van der Waals surface area contributed by atoms with Gasteiger partial charge in [-0.25, -0.2) is 9.50 Å². The van der Waals surface area contributed by atoms with Crippen LogP contribution in [0, 0.1) is 0 Å². The summed E-state index contributed by atoms with van der Waals surface area (Å²) >= 11 is 0. The molecule has 0 radical (unpaired) electrons. The van der Waals surface area contributed by atoms with Gasteiger partial charge >= 0.3 is 0 Å². The first-order valence-corrected chi connectivity index (χ1v) is 8.27. The maximum Gasteiger partial charge on any atom is 0.165 e. The van der Waals surface area contributed by atoms with Gasteiger partial charge in [-0.2, -0.15) is 5.10 Å². The zero-order valence-corrected chi connectivity index (χ0v) is 13.3. The molecule has 4 rings (SSSR count). The quantitative estimate of drug-likeness (QED) is 0.690. The molecule has 3 aromatic rings. The normalized spacial score (nSPS) is 21.0. The fraction of sp³-hybridized carbons (Fsp3) is 0.333. The average molecular weight is 324 g/mol. The van der Waals surface area contributed by atoms with Crippen molar-refractivity contribution in [3.8, 4) is 16.9 Å². The predicted octanol–water partition coefficient (Wildman–Crippen LogP) is 2.82. The van der Waals surface area contributed by atoms with Gasteiger partial charge in [-0.3, -0.25) is 0 Å². The monoisotopic (exact) mass is 324 g/mol. The lowest BCUT2D eigenvalue weighted by atomic mass is 9.93. The van der Waals surface area contributed by atoms with Crippen LogP contribution in [0.15, 0.2) is 42.7 Å². The maximum absolute atomic E-state index is 9.70. The van der Waals surface area contributed by atoms with Gasteiger partial charge in [0.25, 0.3) is 0 Å². The van der Waals surface area contributed by atoms with Crippen molar-refractivity contribution in [3.63, 3.8) is 0 Å². The van der Waals surface area contributed by atoms with E-state index in [1.54, 1.807) is 22.8 Å². The van der Waals surface area contributed by atoms with E-state index in [2.05, 4.69) is 10.4 Å². The SMILES string of the molecule is Oc1cccc(-c2cnn3ccc(NC4CCC(O)CC4)nc23)c1. The number of aliphatic hydroxyl groups excluding tert-OH is 1. The van der Waals surface area contributed by atoms with Crippen LogP contribution >= 0.6 is 0 Å². The zero-order valence-electron chi connectivity index (χ0n) is 13.3. The molecule has 1 fully saturated rings. The van der Waals surface area contributed by atoms with Crippen LogP contribution in [0.25, 0.3) is 16.8 Å². The van der Waals surface area contributed by atoms with E-state index in [0.29, 0.717) is 6.04 Å². The van der Waals surface area contributed by atoms with Crippen molar-refractivity contribution >= 4 is 11.5 Å². The number of nitrogens with one attached hydrogen (secondary N) is 1. The van der Waals surface area contributed by atoms with Gasteiger partial charge in [-0.15, -0.1) is 0 Å². The Morgan fingerprint density at radius 2 is 1.96 bits per heavy atom. The topological polar surface area (TPSA) is 82.7 Å². The molecule has 0 aliphatic heterocycles. The Hall–Kier alpha value is -2.60. The summed E-state index contributed by atoms with van der Waals surface area (Å²) in [5.41, 5.74) is 2.52. The summed E-state index contributed by atoms with van der Waals surface area (Å²) < 4.78 is 1.73. The number of fused-ring (bicyclic) bond motifs is 1. The van der Waals surface area contributed by atoms with Gasteiger partial charge < -0.3 is 15.5 Å². The molecule has 6 heteroatoms. The van der Waals surface area contributed by atoms with Gasteiger partial charge in [0.1, 0.15) is 11.6 Å². The Morgan fingerprint density at radius 1 is 1.12 bits per heavy atom. The van der Waals surface area contributed by atoms with E-state index in [0.717, 1.165) is 48.3 Å². The largest absolute Gasteiger partial charge is 0.508 e. The molecule has 6 nitrogen and oxygen atoms in total. The van der Waals surface area contributed by atoms with Crippen molar-refractivity contribution in [1.82, 2.24) is 14.6 Å². The number of aliphatic hydroxyl groups is 1. The molecule has 2 heterocycles. The van der Waals surface area contributed by atoms with Crippen molar-refractivity contribution in [2.75, 3.05) is 5.32 Å². The minimum Gasteiger partial charge on any atom is -0.508 e. The number of rotatable bonds is 3. The number of phenols is 1. The highest BCUT2D eigenvalue weighted by molar-refractivity contribution is 5.78. The number of aromatic hydroxyl groups is 1.